The van der Waals surface area contributed by atoms with E-state index in [-0.39, 0.29) is 37.2 Å². The third-order valence-corrected chi connectivity index (χ3v) is 6.78. The van der Waals surface area contributed by atoms with Crippen LogP contribution in [0.5, 0.6) is 11.5 Å². The molecule has 2 unspecified atom stereocenters. The summed E-state index contributed by atoms with van der Waals surface area (Å²) < 4.78 is 17.2. The smallest absolute Gasteiger partial charge is 0.411 e. The van der Waals surface area contributed by atoms with E-state index < -0.39 is 0 Å². The Labute approximate surface area is 233 Å². The summed E-state index contributed by atoms with van der Waals surface area (Å²) in [6.07, 6.45) is 0.996. The molecular formula is C32H31N3O5. The van der Waals surface area contributed by atoms with Crippen molar-refractivity contribution in [2.24, 2.45) is 0 Å². The highest BCUT2D eigenvalue weighted by Gasteiger charge is 2.39. The second kappa shape index (κ2) is 11.9. The van der Waals surface area contributed by atoms with Gasteiger partial charge in [0.2, 0.25) is 0 Å². The van der Waals surface area contributed by atoms with E-state index in [1.165, 1.54) is 0 Å². The van der Waals surface area contributed by atoms with Gasteiger partial charge in [-0.05, 0) is 67.4 Å². The van der Waals surface area contributed by atoms with Crippen molar-refractivity contribution in [3.63, 3.8) is 0 Å². The van der Waals surface area contributed by atoms with Crippen LogP contribution in [0.4, 0.5) is 10.5 Å². The Morgan fingerprint density at radius 1 is 1.02 bits per heavy atom. The molecule has 1 aliphatic heterocycles. The Hall–Kier alpha value is -4.85. The van der Waals surface area contributed by atoms with Crippen LogP contribution in [-0.2, 0) is 27.2 Å². The van der Waals surface area contributed by atoms with Gasteiger partial charge in [-0.15, -0.1) is 0 Å². The highest BCUT2D eigenvalue weighted by atomic mass is 16.6. The van der Waals surface area contributed by atoms with Gasteiger partial charge in [0, 0.05) is 11.1 Å². The number of carbonyl (C=O) groups excluding carboxylic acids is 2. The molecule has 2 heterocycles. The largest absolute Gasteiger partial charge is 0.466 e. The molecule has 204 valence electrons. The summed E-state index contributed by atoms with van der Waals surface area (Å²) in [5.74, 6) is 0.853. The van der Waals surface area contributed by atoms with Crippen molar-refractivity contribution < 1.29 is 23.8 Å². The summed E-state index contributed by atoms with van der Waals surface area (Å²) in [4.78, 5) is 31.2. The van der Waals surface area contributed by atoms with Gasteiger partial charge in [-0.1, -0.05) is 42.5 Å². The Kier molecular flexibility index (Phi) is 7.96. The van der Waals surface area contributed by atoms with Crippen LogP contribution in [0, 0.1) is 0 Å². The zero-order valence-electron chi connectivity index (χ0n) is 22.4. The number of rotatable bonds is 9. The van der Waals surface area contributed by atoms with E-state index >= 15 is 0 Å². The van der Waals surface area contributed by atoms with E-state index in [2.05, 4.69) is 4.98 Å². The van der Waals surface area contributed by atoms with Gasteiger partial charge in [-0.2, -0.15) is 0 Å². The average Bonchev–Trinajstić information content (AvgIpc) is 3.23. The maximum absolute atomic E-state index is 13.0. The molecule has 0 saturated carbocycles. The lowest BCUT2D eigenvalue weighted by Crippen LogP contribution is -2.31. The fraction of sp³-hybridized carbons (Fsp3) is 0.219. The molecule has 2 atom stereocenters. The minimum Gasteiger partial charge on any atom is -0.466 e. The Morgan fingerprint density at radius 2 is 1.85 bits per heavy atom. The number of nitrogen functional groups attached to an aromatic ring is 1. The number of amides is 1. The summed E-state index contributed by atoms with van der Waals surface area (Å²) in [5, 5.41) is 0. The highest BCUT2D eigenvalue weighted by molar-refractivity contribution is 5.73. The maximum atomic E-state index is 13.0. The third-order valence-electron chi connectivity index (χ3n) is 6.78. The van der Waals surface area contributed by atoms with E-state index in [1.54, 1.807) is 24.1 Å². The van der Waals surface area contributed by atoms with Crippen LogP contribution in [0.3, 0.4) is 0 Å². The molecule has 1 aliphatic rings. The molecule has 0 bridgehead atoms. The van der Waals surface area contributed by atoms with Crippen molar-refractivity contribution in [1.29, 1.82) is 0 Å². The number of aromatic nitrogens is 1. The van der Waals surface area contributed by atoms with Gasteiger partial charge >= 0.3 is 12.1 Å². The molecule has 0 spiro atoms. The quantitative estimate of drug-likeness (QED) is 0.250. The van der Waals surface area contributed by atoms with Gasteiger partial charge in [0.15, 0.2) is 0 Å². The van der Waals surface area contributed by atoms with Crippen molar-refractivity contribution in [1.82, 2.24) is 9.88 Å². The van der Waals surface area contributed by atoms with Gasteiger partial charge in [-0.25, -0.2) is 4.79 Å². The van der Waals surface area contributed by atoms with E-state index in [0.29, 0.717) is 23.8 Å². The van der Waals surface area contributed by atoms with Crippen LogP contribution in [0.15, 0.2) is 91.1 Å². The number of cyclic esters (lactones) is 1. The maximum Gasteiger partial charge on any atom is 0.411 e. The lowest BCUT2D eigenvalue weighted by atomic mass is 10.0. The van der Waals surface area contributed by atoms with Crippen molar-refractivity contribution in [3.05, 3.63) is 108 Å². The summed E-state index contributed by atoms with van der Waals surface area (Å²) in [6.45, 7) is 4.36. The van der Waals surface area contributed by atoms with Gasteiger partial charge in [0.1, 0.15) is 17.6 Å². The zero-order chi connectivity index (χ0) is 28.1. The number of nitrogens with zero attached hydrogens (tertiary/aromatic N) is 2. The van der Waals surface area contributed by atoms with E-state index in [1.807, 2.05) is 85.8 Å². The van der Waals surface area contributed by atoms with E-state index in [9.17, 15) is 9.59 Å². The molecule has 1 fully saturated rings. The lowest BCUT2D eigenvalue weighted by molar-refractivity contribution is -0.142. The molecule has 40 heavy (non-hydrogen) atoms. The molecule has 1 amide bonds. The molecule has 8 nitrogen and oxygen atoms in total. The number of esters is 1. The van der Waals surface area contributed by atoms with Crippen LogP contribution >= 0.6 is 0 Å². The van der Waals surface area contributed by atoms with Gasteiger partial charge in [-0.3, -0.25) is 14.7 Å². The van der Waals surface area contributed by atoms with Crippen LogP contribution in [0.25, 0.3) is 11.3 Å². The minimum atomic E-state index is -0.389. The fourth-order valence-electron chi connectivity index (χ4n) is 4.75. The Balaban J connectivity index is 1.45. The third kappa shape index (κ3) is 6.07. The van der Waals surface area contributed by atoms with E-state index in [4.69, 9.17) is 19.9 Å². The molecule has 3 aromatic carbocycles. The molecule has 1 saturated heterocycles. The summed E-state index contributed by atoms with van der Waals surface area (Å²) in [7, 11) is 0. The lowest BCUT2D eigenvalue weighted by Gasteiger charge is -2.23. The number of hydrogen-bond acceptors (Lipinski definition) is 7. The molecule has 0 radical (unpaired) electrons. The number of ether oxygens (including phenoxy) is 3. The van der Waals surface area contributed by atoms with Crippen LogP contribution < -0.4 is 10.5 Å². The van der Waals surface area contributed by atoms with Crippen LogP contribution in [0.2, 0.25) is 0 Å². The van der Waals surface area contributed by atoms with Crippen LogP contribution in [-0.4, -0.2) is 34.6 Å². The Morgan fingerprint density at radius 3 is 2.60 bits per heavy atom. The van der Waals surface area contributed by atoms with Crippen molar-refractivity contribution in [2.45, 2.75) is 39.0 Å². The van der Waals surface area contributed by atoms with Crippen LogP contribution in [0.1, 0.15) is 36.6 Å². The predicted octanol–water partition coefficient (Wildman–Crippen LogP) is 6.31. The van der Waals surface area contributed by atoms with Crippen molar-refractivity contribution in [2.75, 3.05) is 12.3 Å². The summed E-state index contributed by atoms with van der Waals surface area (Å²) >= 11 is 0. The first-order chi connectivity index (χ1) is 19.4. The normalized spacial score (nSPS) is 16.4. The van der Waals surface area contributed by atoms with Crippen molar-refractivity contribution in [3.8, 4) is 22.8 Å². The topological polar surface area (TPSA) is 104 Å². The fourth-order valence-corrected chi connectivity index (χ4v) is 4.75. The van der Waals surface area contributed by atoms with Gasteiger partial charge < -0.3 is 19.9 Å². The number of nitrogens with two attached hydrogens (primary N) is 1. The summed E-state index contributed by atoms with van der Waals surface area (Å²) in [6, 6.07) is 26.2. The Bertz CT molecular complexity index is 1490. The molecule has 8 heteroatoms. The minimum absolute atomic E-state index is 0.150. The van der Waals surface area contributed by atoms with E-state index in [0.717, 1.165) is 27.9 Å². The SMILES string of the molecule is CCOC(=O)Cc1cccc(Oc2ccc(-c3ccc(N)cn3)cc2CN2C(=O)OC(c3ccccc3)C2C)c1. The molecule has 0 aliphatic carbocycles. The zero-order valence-corrected chi connectivity index (χ0v) is 22.4. The monoisotopic (exact) mass is 537 g/mol. The van der Waals surface area contributed by atoms with Crippen molar-refractivity contribution >= 4 is 17.7 Å². The number of hydrogen-bond donors (Lipinski definition) is 1. The summed E-state index contributed by atoms with van der Waals surface area (Å²) in [5.41, 5.74) is 10.5. The number of benzene rings is 3. The number of anilines is 1. The standard InChI is InChI=1S/C32H31N3O5/c1-3-38-30(36)17-22-8-7-11-27(16-22)39-29-15-12-24(28-14-13-26(33)19-34-28)18-25(29)20-35-21(2)31(40-32(35)37)23-9-5-4-6-10-23/h4-16,18-19,21,31H,3,17,20,33H2,1-2H3. The highest BCUT2D eigenvalue weighted by Crippen LogP contribution is 2.36. The molecule has 1 aromatic heterocycles. The molecule has 5 rings (SSSR count). The molecule has 2 N–H and O–H groups in total. The second-order valence-electron chi connectivity index (χ2n) is 9.61. The number of pyridine rings is 1. The first-order valence-corrected chi connectivity index (χ1v) is 13.2. The molecular weight excluding hydrogens is 506 g/mol. The second-order valence-corrected chi connectivity index (χ2v) is 9.61. The van der Waals surface area contributed by atoms with Gasteiger partial charge in [0.05, 0.1) is 43.2 Å². The van der Waals surface area contributed by atoms with Gasteiger partial charge in [0.25, 0.3) is 0 Å². The first kappa shape index (κ1) is 26.7. The average molecular weight is 538 g/mol. The predicted molar refractivity (Wildman–Crippen MR) is 152 cm³/mol. The first-order valence-electron chi connectivity index (χ1n) is 13.2. The molecule has 4 aromatic rings. The number of carbonyl (C=O) groups is 2.